The Hall–Kier alpha value is -1.29. The normalized spacial score (nSPS) is 19.0. The van der Waals surface area contributed by atoms with Crippen LogP contribution in [0.2, 0.25) is 0 Å². The maximum atomic E-state index is 11.9. The molecule has 0 bridgehead atoms. The van der Waals surface area contributed by atoms with Gasteiger partial charge in [0.25, 0.3) is 0 Å². The largest absolute Gasteiger partial charge is 0.466 e. The molecule has 1 heterocycles. The molecule has 4 nitrogen and oxygen atoms in total. The molecule has 1 aromatic heterocycles. The third kappa shape index (κ3) is 3.63. The van der Waals surface area contributed by atoms with E-state index in [0.29, 0.717) is 18.1 Å². The van der Waals surface area contributed by atoms with Crippen molar-refractivity contribution in [2.45, 2.75) is 58.5 Å². The fraction of sp³-hybridized carbons (Fsp3) is 0.688. The van der Waals surface area contributed by atoms with Crippen LogP contribution in [0.4, 0.5) is 0 Å². The molecular formula is C16H25NO3. The van der Waals surface area contributed by atoms with Crippen LogP contribution in [0, 0.1) is 19.8 Å². The van der Waals surface area contributed by atoms with Crippen molar-refractivity contribution < 1.29 is 14.3 Å². The maximum Gasteiger partial charge on any atom is 0.220 e. The molecule has 1 saturated carbocycles. The van der Waals surface area contributed by atoms with E-state index in [-0.39, 0.29) is 12.5 Å². The highest BCUT2D eigenvalue weighted by atomic mass is 16.3. The highest BCUT2D eigenvalue weighted by molar-refractivity contribution is 5.76. The number of hydrogen-bond acceptors (Lipinski definition) is 3. The second kappa shape index (κ2) is 6.00. The molecule has 1 aromatic rings. The van der Waals surface area contributed by atoms with Gasteiger partial charge in [-0.3, -0.25) is 4.79 Å². The third-order valence-corrected chi connectivity index (χ3v) is 4.20. The van der Waals surface area contributed by atoms with E-state index in [9.17, 15) is 9.90 Å². The number of aryl methyl sites for hydroxylation is 2. The molecule has 20 heavy (non-hydrogen) atoms. The molecule has 0 aromatic carbocycles. The highest BCUT2D eigenvalue weighted by Gasteiger charge is 2.28. The molecule has 2 rings (SSSR count). The van der Waals surface area contributed by atoms with Gasteiger partial charge in [0.15, 0.2) is 0 Å². The molecule has 0 radical (unpaired) electrons. The Balaban J connectivity index is 1.88. The molecule has 1 unspecified atom stereocenters. The first-order chi connectivity index (χ1) is 9.38. The van der Waals surface area contributed by atoms with Gasteiger partial charge in [0.1, 0.15) is 17.1 Å². The van der Waals surface area contributed by atoms with Gasteiger partial charge >= 0.3 is 0 Å². The van der Waals surface area contributed by atoms with Gasteiger partial charge in [0.05, 0.1) is 6.54 Å². The van der Waals surface area contributed by atoms with E-state index in [1.165, 1.54) is 12.8 Å². The summed E-state index contributed by atoms with van der Waals surface area (Å²) in [5, 5.41) is 13.4. The zero-order chi connectivity index (χ0) is 14.8. The first-order valence-corrected chi connectivity index (χ1v) is 7.45. The molecule has 4 heteroatoms. The molecule has 0 saturated heterocycles. The average Bonchev–Trinajstić information content (AvgIpc) is 2.97. The summed E-state index contributed by atoms with van der Waals surface area (Å²) in [7, 11) is 0. The summed E-state index contributed by atoms with van der Waals surface area (Å²) in [5.41, 5.74) is -0.344. The van der Waals surface area contributed by atoms with E-state index in [4.69, 9.17) is 4.42 Å². The van der Waals surface area contributed by atoms with E-state index in [0.717, 1.165) is 24.2 Å². The monoisotopic (exact) mass is 279 g/mol. The quantitative estimate of drug-likeness (QED) is 0.871. The van der Waals surface area contributed by atoms with Crippen LogP contribution in [0.5, 0.6) is 0 Å². The van der Waals surface area contributed by atoms with Crippen LogP contribution in [-0.2, 0) is 10.4 Å². The van der Waals surface area contributed by atoms with Gasteiger partial charge in [-0.1, -0.05) is 12.8 Å². The van der Waals surface area contributed by atoms with Crippen molar-refractivity contribution in [3.05, 3.63) is 23.2 Å². The average molecular weight is 279 g/mol. The minimum atomic E-state index is -1.09. The summed E-state index contributed by atoms with van der Waals surface area (Å²) in [6, 6.07) is 1.83. The van der Waals surface area contributed by atoms with Crippen molar-refractivity contribution in [2.24, 2.45) is 5.92 Å². The van der Waals surface area contributed by atoms with E-state index < -0.39 is 5.60 Å². The van der Waals surface area contributed by atoms with Crippen molar-refractivity contribution >= 4 is 5.91 Å². The predicted octanol–water partition coefficient (Wildman–Crippen LogP) is 2.80. The van der Waals surface area contributed by atoms with E-state index in [1.807, 2.05) is 19.9 Å². The number of rotatable bonds is 5. The van der Waals surface area contributed by atoms with Crippen molar-refractivity contribution in [3.8, 4) is 0 Å². The molecule has 0 aliphatic heterocycles. The maximum absolute atomic E-state index is 11.9. The molecule has 1 atom stereocenters. The van der Waals surface area contributed by atoms with Crippen molar-refractivity contribution in [2.75, 3.05) is 6.54 Å². The molecule has 0 spiro atoms. The second-order valence-corrected chi connectivity index (χ2v) is 6.23. The Bertz CT molecular complexity index is 470. The standard InChI is InChI=1S/C16H25NO3/c1-11-8-14(12(2)20-11)16(3,19)10-17-15(18)9-13-6-4-5-7-13/h8,13,19H,4-7,9-10H2,1-3H3,(H,17,18). The van der Waals surface area contributed by atoms with Crippen molar-refractivity contribution in [1.82, 2.24) is 5.32 Å². The zero-order valence-electron chi connectivity index (χ0n) is 12.7. The van der Waals surface area contributed by atoms with Crippen LogP contribution < -0.4 is 5.32 Å². The lowest BCUT2D eigenvalue weighted by molar-refractivity contribution is -0.123. The van der Waals surface area contributed by atoms with Crippen LogP contribution in [0.25, 0.3) is 0 Å². The predicted molar refractivity (Wildman–Crippen MR) is 77.3 cm³/mol. The van der Waals surface area contributed by atoms with Gasteiger partial charge in [-0.05, 0) is 45.6 Å². The minimum absolute atomic E-state index is 0.0371. The fourth-order valence-corrected chi connectivity index (χ4v) is 3.08. The lowest BCUT2D eigenvalue weighted by atomic mass is 9.96. The van der Waals surface area contributed by atoms with Gasteiger partial charge in [-0.25, -0.2) is 0 Å². The summed E-state index contributed by atoms with van der Waals surface area (Å²) >= 11 is 0. The number of furan rings is 1. The van der Waals surface area contributed by atoms with E-state index in [1.54, 1.807) is 6.92 Å². The molecule has 1 amide bonds. The molecule has 1 aliphatic rings. The summed E-state index contributed by atoms with van der Waals surface area (Å²) in [5.74, 6) is 2.04. The lowest BCUT2D eigenvalue weighted by Crippen LogP contribution is -2.39. The van der Waals surface area contributed by atoms with Crippen LogP contribution in [0.3, 0.4) is 0 Å². The summed E-state index contributed by atoms with van der Waals surface area (Å²) in [4.78, 5) is 11.9. The highest BCUT2D eigenvalue weighted by Crippen LogP contribution is 2.28. The van der Waals surface area contributed by atoms with Crippen molar-refractivity contribution in [1.29, 1.82) is 0 Å². The Kier molecular flexibility index (Phi) is 4.53. The number of amides is 1. The van der Waals surface area contributed by atoms with Crippen LogP contribution in [-0.4, -0.2) is 17.6 Å². The SMILES string of the molecule is Cc1cc(C(C)(O)CNC(=O)CC2CCCC2)c(C)o1. The topological polar surface area (TPSA) is 62.5 Å². The van der Waals surface area contributed by atoms with E-state index >= 15 is 0 Å². The summed E-state index contributed by atoms with van der Waals surface area (Å²) in [6.45, 7) is 5.61. The number of hydrogen-bond donors (Lipinski definition) is 2. The van der Waals surface area contributed by atoms with E-state index in [2.05, 4.69) is 5.32 Å². The molecular weight excluding hydrogens is 254 g/mol. The van der Waals surface area contributed by atoms with Gasteiger partial charge in [-0.2, -0.15) is 0 Å². The van der Waals surface area contributed by atoms with Crippen molar-refractivity contribution in [3.63, 3.8) is 0 Å². The smallest absolute Gasteiger partial charge is 0.220 e. The third-order valence-electron chi connectivity index (χ3n) is 4.20. The first-order valence-electron chi connectivity index (χ1n) is 7.45. The van der Waals surface area contributed by atoms with Crippen LogP contribution >= 0.6 is 0 Å². The fourth-order valence-electron chi connectivity index (χ4n) is 3.08. The van der Waals surface area contributed by atoms with Crippen LogP contribution in [0.15, 0.2) is 10.5 Å². The van der Waals surface area contributed by atoms with Gasteiger partial charge in [0, 0.05) is 12.0 Å². The Morgan fingerprint density at radius 2 is 2.10 bits per heavy atom. The van der Waals surface area contributed by atoms with Gasteiger partial charge in [-0.15, -0.1) is 0 Å². The number of aliphatic hydroxyl groups is 1. The molecule has 1 aliphatic carbocycles. The summed E-state index contributed by atoms with van der Waals surface area (Å²) in [6.07, 6.45) is 5.37. The Morgan fingerprint density at radius 3 is 2.65 bits per heavy atom. The number of carbonyl (C=O) groups is 1. The number of carbonyl (C=O) groups excluding carboxylic acids is 1. The zero-order valence-corrected chi connectivity index (χ0v) is 12.7. The second-order valence-electron chi connectivity index (χ2n) is 6.23. The van der Waals surface area contributed by atoms with Gasteiger partial charge in [0.2, 0.25) is 5.91 Å². The Morgan fingerprint density at radius 1 is 1.45 bits per heavy atom. The number of nitrogens with one attached hydrogen (secondary N) is 1. The van der Waals surface area contributed by atoms with Gasteiger partial charge < -0.3 is 14.8 Å². The minimum Gasteiger partial charge on any atom is -0.466 e. The summed E-state index contributed by atoms with van der Waals surface area (Å²) < 4.78 is 5.44. The first kappa shape index (κ1) is 15.1. The van der Waals surface area contributed by atoms with Crippen LogP contribution in [0.1, 0.15) is 56.1 Å². The molecule has 1 fully saturated rings. The Labute approximate surface area is 120 Å². The molecule has 112 valence electrons. The molecule has 2 N–H and O–H groups in total. The lowest BCUT2D eigenvalue weighted by Gasteiger charge is -2.23.